The Hall–Kier alpha value is -1.63. The maximum Gasteiger partial charge on any atom is 0.419 e. The highest BCUT2D eigenvalue weighted by molar-refractivity contribution is 5.95. The first-order valence-corrected chi connectivity index (χ1v) is 6.67. The van der Waals surface area contributed by atoms with E-state index in [2.05, 4.69) is 5.32 Å². The number of alkyl halides is 3. The van der Waals surface area contributed by atoms with Crippen molar-refractivity contribution in [3.63, 3.8) is 0 Å². The van der Waals surface area contributed by atoms with E-state index in [-0.39, 0.29) is 6.04 Å². The van der Waals surface area contributed by atoms with Crippen LogP contribution in [0.2, 0.25) is 0 Å². The van der Waals surface area contributed by atoms with Crippen LogP contribution in [0.4, 0.5) is 17.6 Å². The number of likely N-dealkylation sites (N-methyl/N-ethyl adjacent to an activating group) is 1. The molecule has 116 valence electrons. The lowest BCUT2D eigenvalue weighted by molar-refractivity contribution is -0.140. The Bertz CT molecular complexity index is 530. The van der Waals surface area contributed by atoms with E-state index in [0.717, 1.165) is 25.0 Å². The Morgan fingerprint density at radius 3 is 2.76 bits per heavy atom. The molecule has 1 aromatic carbocycles. The first-order valence-electron chi connectivity index (χ1n) is 6.67. The summed E-state index contributed by atoms with van der Waals surface area (Å²) in [4.78, 5) is 13.8. The molecular formula is C14H16F4N2O. The van der Waals surface area contributed by atoms with Crippen molar-refractivity contribution in [3.8, 4) is 0 Å². The normalized spacial score (nSPS) is 19.1. The quantitative estimate of drug-likeness (QED) is 0.871. The molecule has 1 N–H and O–H groups in total. The van der Waals surface area contributed by atoms with E-state index in [9.17, 15) is 22.4 Å². The Labute approximate surface area is 119 Å². The number of carbonyl (C=O) groups excluding carboxylic acids is 1. The highest BCUT2D eigenvalue weighted by atomic mass is 19.4. The summed E-state index contributed by atoms with van der Waals surface area (Å²) in [5.41, 5.74) is -1.93. The molecule has 0 aromatic heterocycles. The Kier molecular flexibility index (Phi) is 4.51. The zero-order chi connectivity index (χ0) is 15.6. The number of carbonyl (C=O) groups is 1. The molecular weight excluding hydrogens is 288 g/mol. The fourth-order valence-corrected chi connectivity index (χ4v) is 2.62. The predicted molar refractivity (Wildman–Crippen MR) is 69.4 cm³/mol. The van der Waals surface area contributed by atoms with Gasteiger partial charge in [-0.25, -0.2) is 4.39 Å². The van der Waals surface area contributed by atoms with Gasteiger partial charge >= 0.3 is 6.18 Å². The van der Waals surface area contributed by atoms with Gasteiger partial charge in [0.1, 0.15) is 5.82 Å². The number of nitrogens with one attached hydrogen (secondary N) is 1. The van der Waals surface area contributed by atoms with E-state index in [1.54, 1.807) is 7.05 Å². The van der Waals surface area contributed by atoms with Gasteiger partial charge in [0.2, 0.25) is 0 Å². The molecule has 3 nitrogen and oxygen atoms in total. The van der Waals surface area contributed by atoms with Crippen LogP contribution in [0.15, 0.2) is 18.2 Å². The minimum Gasteiger partial charge on any atom is -0.334 e. The summed E-state index contributed by atoms with van der Waals surface area (Å²) in [5, 5.41) is 2.93. The zero-order valence-corrected chi connectivity index (χ0v) is 11.5. The van der Waals surface area contributed by atoms with Gasteiger partial charge in [-0.3, -0.25) is 4.79 Å². The van der Waals surface area contributed by atoms with Gasteiger partial charge in [-0.1, -0.05) is 6.07 Å². The predicted octanol–water partition coefficient (Wildman–Crippen LogP) is 2.67. The van der Waals surface area contributed by atoms with Crippen LogP contribution in [0.5, 0.6) is 0 Å². The smallest absolute Gasteiger partial charge is 0.334 e. The molecule has 21 heavy (non-hydrogen) atoms. The number of hydrogen-bond acceptors (Lipinski definition) is 2. The summed E-state index contributed by atoms with van der Waals surface area (Å²) in [5.74, 6) is -2.18. The van der Waals surface area contributed by atoms with Crippen molar-refractivity contribution in [2.45, 2.75) is 25.1 Å². The van der Waals surface area contributed by atoms with Crippen LogP contribution in [0.25, 0.3) is 0 Å². The van der Waals surface area contributed by atoms with E-state index in [1.807, 2.05) is 0 Å². The Morgan fingerprint density at radius 1 is 1.43 bits per heavy atom. The van der Waals surface area contributed by atoms with Gasteiger partial charge in [-0.2, -0.15) is 13.2 Å². The lowest BCUT2D eigenvalue weighted by Gasteiger charge is -2.25. The molecule has 1 aliphatic rings. The molecule has 0 radical (unpaired) electrons. The highest BCUT2D eigenvalue weighted by Crippen LogP contribution is 2.33. The van der Waals surface area contributed by atoms with Crippen molar-refractivity contribution in [1.82, 2.24) is 10.2 Å². The largest absolute Gasteiger partial charge is 0.419 e. The van der Waals surface area contributed by atoms with Crippen molar-refractivity contribution >= 4 is 5.91 Å². The number of likely N-dealkylation sites (tertiary alicyclic amines) is 1. The molecule has 0 aliphatic carbocycles. The van der Waals surface area contributed by atoms with Gasteiger partial charge in [-0.05, 0) is 32.0 Å². The fraction of sp³-hybridized carbons (Fsp3) is 0.500. The second-order valence-corrected chi connectivity index (χ2v) is 5.02. The maximum atomic E-state index is 14.0. The average molecular weight is 304 g/mol. The Balaban J connectivity index is 2.32. The van der Waals surface area contributed by atoms with Crippen LogP contribution >= 0.6 is 0 Å². The molecule has 0 unspecified atom stereocenters. The van der Waals surface area contributed by atoms with Crippen molar-refractivity contribution in [3.05, 3.63) is 35.1 Å². The molecule has 0 saturated carbocycles. The second kappa shape index (κ2) is 6.01. The number of nitrogens with zero attached hydrogens (tertiary/aromatic N) is 1. The third-order valence-corrected chi connectivity index (χ3v) is 3.61. The van der Waals surface area contributed by atoms with Crippen LogP contribution in [0.1, 0.15) is 28.8 Å². The minimum atomic E-state index is -4.81. The second-order valence-electron chi connectivity index (χ2n) is 5.02. The van der Waals surface area contributed by atoms with Crippen LogP contribution in [-0.2, 0) is 6.18 Å². The Morgan fingerprint density at radius 2 is 2.14 bits per heavy atom. The third kappa shape index (κ3) is 3.18. The third-order valence-electron chi connectivity index (χ3n) is 3.61. The number of hydrogen-bond donors (Lipinski definition) is 1. The van der Waals surface area contributed by atoms with Gasteiger partial charge in [-0.15, -0.1) is 0 Å². The van der Waals surface area contributed by atoms with E-state index in [1.165, 1.54) is 4.90 Å². The van der Waals surface area contributed by atoms with Gasteiger partial charge in [0, 0.05) is 19.1 Å². The topological polar surface area (TPSA) is 32.3 Å². The summed E-state index contributed by atoms with van der Waals surface area (Å²) < 4.78 is 52.1. The van der Waals surface area contributed by atoms with Crippen LogP contribution < -0.4 is 5.32 Å². The van der Waals surface area contributed by atoms with Crippen molar-refractivity contribution in [1.29, 1.82) is 0 Å². The molecule has 1 saturated heterocycles. The van der Waals surface area contributed by atoms with Crippen molar-refractivity contribution in [2.75, 3.05) is 20.1 Å². The van der Waals surface area contributed by atoms with E-state index < -0.39 is 29.0 Å². The SMILES string of the molecule is CNC[C@@H]1CCCN1C(=O)c1cccc(C(F)(F)F)c1F. The van der Waals surface area contributed by atoms with E-state index in [0.29, 0.717) is 19.2 Å². The summed E-state index contributed by atoms with van der Waals surface area (Å²) in [6.07, 6.45) is -3.29. The molecule has 1 aromatic rings. The fourth-order valence-electron chi connectivity index (χ4n) is 2.62. The van der Waals surface area contributed by atoms with Crippen molar-refractivity contribution in [2.24, 2.45) is 0 Å². The van der Waals surface area contributed by atoms with Crippen LogP contribution in [0, 0.1) is 5.82 Å². The number of benzene rings is 1. The summed E-state index contributed by atoms with van der Waals surface area (Å²) in [6, 6.07) is 2.68. The van der Waals surface area contributed by atoms with E-state index in [4.69, 9.17) is 0 Å². The molecule has 0 bridgehead atoms. The number of halogens is 4. The standard InChI is InChI=1S/C14H16F4N2O/c1-19-8-9-4-3-7-20(9)13(21)10-5-2-6-11(12(10)15)14(16,17)18/h2,5-6,9,19H,3-4,7-8H2,1H3/t9-/m0/s1. The minimum absolute atomic E-state index is 0.114. The van der Waals surface area contributed by atoms with E-state index >= 15 is 0 Å². The molecule has 1 atom stereocenters. The van der Waals surface area contributed by atoms with Crippen molar-refractivity contribution < 1.29 is 22.4 Å². The maximum absolute atomic E-state index is 14.0. The highest BCUT2D eigenvalue weighted by Gasteiger charge is 2.37. The molecule has 0 spiro atoms. The molecule has 1 heterocycles. The van der Waals surface area contributed by atoms with Gasteiger partial charge in [0.15, 0.2) is 0 Å². The summed E-state index contributed by atoms with van der Waals surface area (Å²) in [7, 11) is 1.73. The molecule has 1 fully saturated rings. The monoisotopic (exact) mass is 304 g/mol. The van der Waals surface area contributed by atoms with Gasteiger partial charge in [0.25, 0.3) is 5.91 Å². The average Bonchev–Trinajstić information content (AvgIpc) is 2.85. The number of amides is 1. The molecule has 1 amide bonds. The number of rotatable bonds is 3. The first-order chi connectivity index (χ1) is 9.86. The van der Waals surface area contributed by atoms with Gasteiger partial charge in [0.05, 0.1) is 11.1 Å². The van der Waals surface area contributed by atoms with Gasteiger partial charge < -0.3 is 10.2 Å². The van der Waals surface area contributed by atoms with Crippen LogP contribution in [0.3, 0.4) is 0 Å². The summed E-state index contributed by atoms with van der Waals surface area (Å²) in [6.45, 7) is 0.965. The zero-order valence-electron chi connectivity index (χ0n) is 11.5. The molecule has 1 aliphatic heterocycles. The van der Waals surface area contributed by atoms with Crippen LogP contribution in [-0.4, -0.2) is 37.0 Å². The molecule has 7 heteroatoms. The lowest BCUT2D eigenvalue weighted by Crippen LogP contribution is -2.41. The first kappa shape index (κ1) is 15.8. The lowest BCUT2D eigenvalue weighted by atomic mass is 10.1. The molecule has 2 rings (SSSR count). The summed E-state index contributed by atoms with van der Waals surface area (Å²) >= 11 is 0.